The number of hydrogen-bond donors (Lipinski definition) is 2. The van der Waals surface area contributed by atoms with Crippen LogP contribution in [0.5, 0.6) is 0 Å². The van der Waals surface area contributed by atoms with Gasteiger partial charge in [-0.15, -0.1) is 0 Å². The molecule has 0 saturated carbocycles. The quantitative estimate of drug-likeness (QED) is 0.441. The second-order valence-electron chi connectivity index (χ2n) is 6.31. The number of aromatic nitrogens is 3. The number of anilines is 2. The molecule has 0 saturated heterocycles. The number of hydrogen-bond acceptors (Lipinski definition) is 4. The minimum atomic E-state index is 0.430. The summed E-state index contributed by atoms with van der Waals surface area (Å²) in [4.78, 5) is 11.4. The summed E-state index contributed by atoms with van der Waals surface area (Å²) in [7, 11) is 0. The standard InChI is InChI=1S/C22H16ClN5/c1-14-18-7-9-26-20(18)5-4-19(14)28-22-16(12-25-13-17(22)11-24)3-2-15-6-8-27-21(23)10-15/h2-10,12-13,26H,1H3,(H,25,28). The molecule has 1 aromatic carbocycles. The maximum Gasteiger partial charge on any atom is 0.129 e. The maximum absolute atomic E-state index is 9.57. The van der Waals surface area contributed by atoms with Crippen molar-refractivity contribution >= 4 is 46.0 Å². The summed E-state index contributed by atoms with van der Waals surface area (Å²) in [6.45, 7) is 2.06. The molecule has 28 heavy (non-hydrogen) atoms. The summed E-state index contributed by atoms with van der Waals surface area (Å²) in [5, 5.41) is 14.6. The zero-order valence-electron chi connectivity index (χ0n) is 15.1. The van der Waals surface area contributed by atoms with Crippen LogP contribution in [0.25, 0.3) is 23.1 Å². The molecule has 0 radical (unpaired) electrons. The highest BCUT2D eigenvalue weighted by Crippen LogP contribution is 2.31. The Hall–Kier alpha value is -3.62. The number of rotatable bonds is 4. The number of nitriles is 1. The Morgan fingerprint density at radius 1 is 1.18 bits per heavy atom. The number of fused-ring (bicyclic) bond motifs is 1. The van der Waals surface area contributed by atoms with E-state index in [0.717, 1.165) is 33.3 Å². The first-order valence-electron chi connectivity index (χ1n) is 8.67. The molecule has 4 aromatic rings. The Labute approximate surface area is 167 Å². The Morgan fingerprint density at radius 2 is 2.07 bits per heavy atom. The summed E-state index contributed by atoms with van der Waals surface area (Å²) < 4.78 is 0. The van der Waals surface area contributed by atoms with E-state index in [9.17, 15) is 5.26 Å². The molecule has 0 aliphatic heterocycles. The fourth-order valence-electron chi connectivity index (χ4n) is 3.09. The van der Waals surface area contributed by atoms with Gasteiger partial charge >= 0.3 is 0 Å². The van der Waals surface area contributed by atoms with Crippen molar-refractivity contribution < 1.29 is 0 Å². The van der Waals surface area contributed by atoms with E-state index in [2.05, 4.69) is 33.3 Å². The average molecular weight is 386 g/mol. The highest BCUT2D eigenvalue weighted by Gasteiger charge is 2.11. The molecule has 6 heteroatoms. The summed E-state index contributed by atoms with van der Waals surface area (Å²) in [5.74, 6) is 0. The van der Waals surface area contributed by atoms with E-state index in [4.69, 9.17) is 11.6 Å². The Morgan fingerprint density at radius 3 is 2.89 bits per heavy atom. The zero-order valence-corrected chi connectivity index (χ0v) is 15.8. The van der Waals surface area contributed by atoms with Crippen molar-refractivity contribution in [2.45, 2.75) is 6.92 Å². The van der Waals surface area contributed by atoms with E-state index in [0.29, 0.717) is 16.4 Å². The predicted octanol–water partition coefficient (Wildman–Crippen LogP) is 5.71. The number of aromatic amines is 1. The van der Waals surface area contributed by atoms with Crippen molar-refractivity contribution in [3.63, 3.8) is 0 Å². The number of nitrogens with one attached hydrogen (secondary N) is 2. The third kappa shape index (κ3) is 3.46. The van der Waals surface area contributed by atoms with Crippen molar-refractivity contribution in [3.8, 4) is 6.07 Å². The molecule has 4 rings (SSSR count). The number of H-pyrrole nitrogens is 1. The number of nitrogens with zero attached hydrogens (tertiary/aromatic N) is 3. The molecule has 0 fully saturated rings. The van der Waals surface area contributed by atoms with Crippen LogP contribution in [0.4, 0.5) is 11.4 Å². The van der Waals surface area contributed by atoms with Crippen LogP contribution in [0.1, 0.15) is 22.3 Å². The lowest BCUT2D eigenvalue weighted by Gasteiger charge is -2.14. The summed E-state index contributed by atoms with van der Waals surface area (Å²) in [5.41, 5.74) is 6.04. The van der Waals surface area contributed by atoms with E-state index in [1.54, 1.807) is 24.7 Å². The molecule has 0 aliphatic carbocycles. The topological polar surface area (TPSA) is 77.4 Å². The lowest BCUT2D eigenvalue weighted by atomic mass is 10.1. The summed E-state index contributed by atoms with van der Waals surface area (Å²) >= 11 is 5.95. The molecule has 3 aromatic heterocycles. The first-order chi connectivity index (χ1) is 13.7. The van der Waals surface area contributed by atoms with Crippen molar-refractivity contribution in [1.82, 2.24) is 15.0 Å². The van der Waals surface area contributed by atoms with Gasteiger partial charge in [-0.2, -0.15) is 5.26 Å². The monoisotopic (exact) mass is 385 g/mol. The maximum atomic E-state index is 9.57. The van der Waals surface area contributed by atoms with Gasteiger partial charge < -0.3 is 10.3 Å². The lowest BCUT2D eigenvalue weighted by molar-refractivity contribution is 1.28. The Kier molecular flexibility index (Phi) is 4.79. The fourth-order valence-corrected chi connectivity index (χ4v) is 3.27. The third-order valence-corrected chi connectivity index (χ3v) is 4.77. The Bertz CT molecular complexity index is 1230. The number of aryl methyl sites for hydroxylation is 1. The SMILES string of the molecule is Cc1c(Nc2c(C#N)cncc2C=Cc2ccnc(Cl)c2)ccc2[nH]ccc12. The van der Waals surface area contributed by atoms with Gasteiger partial charge in [-0.1, -0.05) is 23.8 Å². The second-order valence-corrected chi connectivity index (χ2v) is 6.70. The van der Waals surface area contributed by atoms with E-state index in [1.807, 2.05) is 42.6 Å². The number of halogens is 1. The van der Waals surface area contributed by atoms with Gasteiger partial charge in [0, 0.05) is 46.9 Å². The molecular formula is C22H16ClN5. The van der Waals surface area contributed by atoms with Crippen LogP contribution >= 0.6 is 11.6 Å². The largest absolute Gasteiger partial charge is 0.361 e. The number of benzene rings is 1. The van der Waals surface area contributed by atoms with Crippen LogP contribution in [0.15, 0.2) is 55.1 Å². The molecule has 0 spiro atoms. The molecule has 136 valence electrons. The average Bonchev–Trinajstić information content (AvgIpc) is 3.19. The van der Waals surface area contributed by atoms with E-state index in [-0.39, 0.29) is 0 Å². The van der Waals surface area contributed by atoms with Crippen LogP contribution in [0.2, 0.25) is 5.15 Å². The molecule has 0 unspecified atom stereocenters. The molecule has 5 nitrogen and oxygen atoms in total. The minimum absolute atomic E-state index is 0.430. The molecule has 0 atom stereocenters. The van der Waals surface area contributed by atoms with Gasteiger partial charge in [0.05, 0.1) is 11.3 Å². The van der Waals surface area contributed by atoms with Gasteiger partial charge in [0.2, 0.25) is 0 Å². The van der Waals surface area contributed by atoms with Gasteiger partial charge in [-0.25, -0.2) is 4.98 Å². The molecule has 0 amide bonds. The smallest absolute Gasteiger partial charge is 0.129 e. The predicted molar refractivity (Wildman–Crippen MR) is 113 cm³/mol. The van der Waals surface area contributed by atoms with Crippen molar-refractivity contribution in [1.29, 1.82) is 5.26 Å². The van der Waals surface area contributed by atoms with Crippen molar-refractivity contribution in [2.24, 2.45) is 0 Å². The van der Waals surface area contributed by atoms with Gasteiger partial charge in [0.1, 0.15) is 11.2 Å². The van der Waals surface area contributed by atoms with Crippen LogP contribution in [-0.4, -0.2) is 15.0 Å². The first-order valence-corrected chi connectivity index (χ1v) is 9.05. The van der Waals surface area contributed by atoms with Crippen LogP contribution in [0, 0.1) is 18.3 Å². The Balaban J connectivity index is 1.75. The van der Waals surface area contributed by atoms with Gasteiger partial charge in [-0.05, 0) is 48.4 Å². The summed E-state index contributed by atoms with van der Waals surface area (Å²) in [6.07, 6.45) is 10.7. The van der Waals surface area contributed by atoms with Gasteiger partial charge in [0.25, 0.3) is 0 Å². The van der Waals surface area contributed by atoms with E-state index in [1.165, 1.54) is 0 Å². The van der Waals surface area contributed by atoms with E-state index < -0.39 is 0 Å². The van der Waals surface area contributed by atoms with Crippen molar-refractivity contribution in [3.05, 3.63) is 82.5 Å². The van der Waals surface area contributed by atoms with Crippen molar-refractivity contribution in [2.75, 3.05) is 5.32 Å². The normalized spacial score (nSPS) is 11.0. The molecule has 2 N–H and O–H groups in total. The van der Waals surface area contributed by atoms with Gasteiger partial charge in [0.15, 0.2) is 0 Å². The van der Waals surface area contributed by atoms with Gasteiger partial charge in [-0.3, -0.25) is 4.98 Å². The molecular weight excluding hydrogens is 370 g/mol. The molecule has 0 aliphatic rings. The van der Waals surface area contributed by atoms with Crippen LogP contribution < -0.4 is 5.32 Å². The first kappa shape index (κ1) is 17.8. The highest BCUT2D eigenvalue weighted by atomic mass is 35.5. The summed E-state index contributed by atoms with van der Waals surface area (Å²) in [6, 6.07) is 11.9. The van der Waals surface area contributed by atoms with E-state index >= 15 is 0 Å². The minimum Gasteiger partial charge on any atom is -0.361 e. The molecule has 0 bridgehead atoms. The fraction of sp³-hybridized carbons (Fsp3) is 0.0455. The lowest BCUT2D eigenvalue weighted by Crippen LogP contribution is -1.99. The zero-order chi connectivity index (χ0) is 19.5. The third-order valence-electron chi connectivity index (χ3n) is 4.57. The highest BCUT2D eigenvalue weighted by molar-refractivity contribution is 6.29. The second kappa shape index (κ2) is 7.55. The molecule has 3 heterocycles. The van der Waals surface area contributed by atoms with Crippen LogP contribution in [-0.2, 0) is 0 Å². The van der Waals surface area contributed by atoms with Crippen LogP contribution in [0.3, 0.4) is 0 Å². The number of pyridine rings is 2.